The first-order valence-electron chi connectivity index (χ1n) is 5.08. The van der Waals surface area contributed by atoms with Gasteiger partial charge in [-0.3, -0.25) is 0 Å². The fraction of sp³-hybridized carbons (Fsp3) is 1.00. The first-order valence-corrected chi connectivity index (χ1v) is 5.08. The lowest BCUT2D eigenvalue weighted by atomic mass is 9.95. The van der Waals surface area contributed by atoms with Crippen molar-refractivity contribution in [2.24, 2.45) is 5.73 Å². The number of hydrogen-bond acceptors (Lipinski definition) is 2. The third-order valence-corrected chi connectivity index (χ3v) is 2.35. The van der Waals surface area contributed by atoms with Crippen molar-refractivity contribution in [1.82, 2.24) is 4.90 Å². The van der Waals surface area contributed by atoms with E-state index in [1.807, 2.05) is 13.8 Å². The van der Waals surface area contributed by atoms with Gasteiger partial charge in [-0.25, -0.2) is 0 Å². The minimum Gasteiger partial charge on any atom is -0.325 e. The fourth-order valence-corrected chi connectivity index (χ4v) is 1.44. The average molecular weight is 172 g/mol. The Morgan fingerprint density at radius 3 is 2.33 bits per heavy atom. The van der Waals surface area contributed by atoms with E-state index >= 15 is 0 Å². The molecule has 2 heteroatoms. The first-order chi connectivity index (χ1) is 5.60. The molecule has 1 unspecified atom stereocenters. The quantitative estimate of drug-likeness (QED) is 0.604. The summed E-state index contributed by atoms with van der Waals surface area (Å²) in [6.45, 7) is 8.53. The molecule has 0 amide bonds. The van der Waals surface area contributed by atoms with Gasteiger partial charge in [0.25, 0.3) is 0 Å². The van der Waals surface area contributed by atoms with Crippen LogP contribution >= 0.6 is 0 Å². The van der Waals surface area contributed by atoms with Gasteiger partial charge in [-0.2, -0.15) is 0 Å². The molecule has 1 aliphatic heterocycles. The van der Waals surface area contributed by atoms with Crippen LogP contribution in [-0.2, 0) is 0 Å². The number of rotatable bonds is 0. The summed E-state index contributed by atoms with van der Waals surface area (Å²) in [5, 5.41) is 0. The predicted molar refractivity (Wildman–Crippen MR) is 55.3 cm³/mol. The van der Waals surface area contributed by atoms with Crippen LogP contribution < -0.4 is 5.73 Å². The number of nitrogens with zero attached hydrogens (tertiary/aromatic N) is 1. The van der Waals surface area contributed by atoms with Crippen molar-refractivity contribution in [2.75, 3.05) is 20.1 Å². The average Bonchev–Trinajstić information content (AvgIpc) is 2.17. The Morgan fingerprint density at radius 1 is 1.17 bits per heavy atom. The summed E-state index contributed by atoms with van der Waals surface area (Å²) in [6.07, 6.45) is 3.57. The lowest BCUT2D eigenvalue weighted by Crippen LogP contribution is -2.36. The van der Waals surface area contributed by atoms with Crippen LogP contribution in [0.1, 0.15) is 40.0 Å². The van der Waals surface area contributed by atoms with Crippen LogP contribution in [0.5, 0.6) is 0 Å². The van der Waals surface area contributed by atoms with Gasteiger partial charge in [0.2, 0.25) is 0 Å². The highest BCUT2D eigenvalue weighted by molar-refractivity contribution is 4.82. The highest BCUT2D eigenvalue weighted by Gasteiger charge is 2.21. The Hall–Kier alpha value is -0.0800. The second-order valence-corrected chi connectivity index (χ2v) is 3.81. The van der Waals surface area contributed by atoms with E-state index in [0.717, 1.165) is 13.0 Å². The molecule has 12 heavy (non-hydrogen) atoms. The largest absolute Gasteiger partial charge is 0.325 e. The highest BCUT2D eigenvalue weighted by atomic mass is 15.1. The van der Waals surface area contributed by atoms with Gasteiger partial charge in [0, 0.05) is 5.54 Å². The summed E-state index contributed by atoms with van der Waals surface area (Å²) < 4.78 is 0. The monoisotopic (exact) mass is 172 g/mol. The topological polar surface area (TPSA) is 29.3 Å². The van der Waals surface area contributed by atoms with Crippen LogP contribution in [0.3, 0.4) is 0 Å². The molecule has 0 aliphatic carbocycles. The van der Waals surface area contributed by atoms with Gasteiger partial charge in [-0.15, -0.1) is 0 Å². The lowest BCUT2D eigenvalue weighted by Gasteiger charge is -2.21. The summed E-state index contributed by atoms with van der Waals surface area (Å²) in [5.41, 5.74) is 6.12. The fourth-order valence-electron chi connectivity index (χ4n) is 1.44. The molecule has 0 aromatic heterocycles. The van der Waals surface area contributed by atoms with Crippen molar-refractivity contribution in [2.45, 2.75) is 45.6 Å². The highest BCUT2D eigenvalue weighted by Crippen LogP contribution is 2.17. The summed E-state index contributed by atoms with van der Waals surface area (Å²) >= 11 is 0. The molecule has 0 radical (unpaired) electrons. The molecule has 1 atom stereocenters. The molecule has 1 aliphatic rings. The molecule has 2 nitrogen and oxygen atoms in total. The molecule has 0 bridgehead atoms. The van der Waals surface area contributed by atoms with Crippen molar-refractivity contribution in [1.29, 1.82) is 0 Å². The van der Waals surface area contributed by atoms with Gasteiger partial charge in [0.05, 0.1) is 0 Å². The molecular formula is C10H24N2. The van der Waals surface area contributed by atoms with Crippen LogP contribution in [0.2, 0.25) is 0 Å². The molecule has 1 saturated heterocycles. The maximum Gasteiger partial charge on any atom is 0.0138 e. The zero-order chi connectivity index (χ0) is 9.61. The van der Waals surface area contributed by atoms with E-state index in [4.69, 9.17) is 5.73 Å². The van der Waals surface area contributed by atoms with E-state index in [0.29, 0.717) is 0 Å². The summed E-state index contributed by atoms with van der Waals surface area (Å²) in [4.78, 5) is 2.36. The van der Waals surface area contributed by atoms with Gasteiger partial charge in [-0.05, 0) is 46.3 Å². The Kier molecular flexibility index (Phi) is 5.51. The van der Waals surface area contributed by atoms with Crippen molar-refractivity contribution in [3.63, 3.8) is 0 Å². The second-order valence-electron chi connectivity index (χ2n) is 3.81. The van der Waals surface area contributed by atoms with Gasteiger partial charge < -0.3 is 10.6 Å². The van der Waals surface area contributed by atoms with E-state index in [-0.39, 0.29) is 5.54 Å². The molecule has 0 aromatic rings. The van der Waals surface area contributed by atoms with Crippen LogP contribution in [0, 0.1) is 0 Å². The Balaban J connectivity index is 0.000000561. The van der Waals surface area contributed by atoms with Crippen molar-refractivity contribution < 1.29 is 0 Å². The van der Waals surface area contributed by atoms with Crippen LogP contribution in [-0.4, -0.2) is 30.6 Å². The van der Waals surface area contributed by atoms with E-state index in [1.54, 1.807) is 0 Å². The zero-order valence-corrected chi connectivity index (χ0v) is 9.06. The van der Waals surface area contributed by atoms with Crippen molar-refractivity contribution >= 4 is 0 Å². The van der Waals surface area contributed by atoms with E-state index in [1.165, 1.54) is 19.4 Å². The van der Waals surface area contributed by atoms with Gasteiger partial charge >= 0.3 is 0 Å². The summed E-state index contributed by atoms with van der Waals surface area (Å²) in [6, 6.07) is 0. The molecule has 2 N–H and O–H groups in total. The molecule has 1 rings (SSSR count). The minimum absolute atomic E-state index is 0.102. The molecule has 1 fully saturated rings. The van der Waals surface area contributed by atoms with Crippen LogP contribution in [0.4, 0.5) is 0 Å². The van der Waals surface area contributed by atoms with Crippen LogP contribution in [0.25, 0.3) is 0 Å². The lowest BCUT2D eigenvalue weighted by molar-refractivity contribution is 0.335. The van der Waals surface area contributed by atoms with Gasteiger partial charge in [-0.1, -0.05) is 13.8 Å². The minimum atomic E-state index is 0.102. The van der Waals surface area contributed by atoms with Crippen molar-refractivity contribution in [3.05, 3.63) is 0 Å². The van der Waals surface area contributed by atoms with Crippen molar-refractivity contribution in [3.8, 4) is 0 Å². The van der Waals surface area contributed by atoms with E-state index in [2.05, 4.69) is 18.9 Å². The Bertz CT molecular complexity index is 110. The van der Waals surface area contributed by atoms with Crippen LogP contribution in [0.15, 0.2) is 0 Å². The number of nitrogens with two attached hydrogens (primary N) is 1. The molecule has 74 valence electrons. The number of likely N-dealkylation sites (tertiary alicyclic amines) is 1. The van der Waals surface area contributed by atoms with E-state index < -0.39 is 0 Å². The third-order valence-electron chi connectivity index (χ3n) is 2.35. The third kappa shape index (κ3) is 4.73. The summed E-state index contributed by atoms with van der Waals surface area (Å²) in [5.74, 6) is 0. The standard InChI is InChI=1S/C8H18N2.C2H6/c1-8(9)4-3-6-10(2)7-5-8;1-2/h3-7,9H2,1-2H3;1-2H3. The first kappa shape index (κ1) is 11.9. The smallest absolute Gasteiger partial charge is 0.0138 e. The molecule has 0 saturated carbocycles. The maximum absolute atomic E-state index is 6.01. The van der Waals surface area contributed by atoms with Gasteiger partial charge in [0.15, 0.2) is 0 Å². The molecule has 0 spiro atoms. The zero-order valence-electron chi connectivity index (χ0n) is 9.06. The summed E-state index contributed by atoms with van der Waals surface area (Å²) in [7, 11) is 2.17. The van der Waals surface area contributed by atoms with E-state index in [9.17, 15) is 0 Å². The second kappa shape index (κ2) is 5.55. The van der Waals surface area contributed by atoms with Gasteiger partial charge in [0.1, 0.15) is 0 Å². The normalized spacial score (nSPS) is 31.8. The molecular weight excluding hydrogens is 148 g/mol. The molecule has 0 aromatic carbocycles. The predicted octanol–water partition coefficient (Wildman–Crippen LogP) is 1.85. The molecule has 1 heterocycles. The SMILES string of the molecule is CC.CN1CCCC(C)(N)CC1. The Morgan fingerprint density at radius 2 is 1.75 bits per heavy atom. The number of hydrogen-bond donors (Lipinski definition) is 1. The maximum atomic E-state index is 6.01. The Labute approximate surface area is 77.1 Å².